The first-order valence-corrected chi connectivity index (χ1v) is 9.17. The molecule has 0 aromatic heterocycles. The number of carbonyl (C=O) groups excluding carboxylic acids is 1. The maximum atomic E-state index is 12.9. The number of nitrogens with one attached hydrogen (secondary N) is 1. The molecule has 1 atom stereocenters. The van der Waals surface area contributed by atoms with E-state index < -0.39 is 24.1 Å². The topological polar surface area (TPSA) is 54.0 Å². The fraction of sp³-hybridized carbons (Fsp3) is 0.632. The van der Waals surface area contributed by atoms with Crippen molar-refractivity contribution in [3.8, 4) is 5.75 Å². The number of benzene rings is 1. The van der Waals surface area contributed by atoms with E-state index >= 15 is 0 Å². The summed E-state index contributed by atoms with van der Waals surface area (Å²) >= 11 is 0. The molecule has 1 aromatic rings. The highest BCUT2D eigenvalue weighted by Gasteiger charge is 2.33. The van der Waals surface area contributed by atoms with Gasteiger partial charge in [-0.1, -0.05) is 6.07 Å². The highest BCUT2D eigenvalue weighted by molar-refractivity contribution is 5.69. The van der Waals surface area contributed by atoms with Gasteiger partial charge in [0.1, 0.15) is 11.4 Å². The Morgan fingerprint density at radius 1 is 1.14 bits per heavy atom. The van der Waals surface area contributed by atoms with Crippen LogP contribution in [0.4, 0.5) is 23.7 Å². The Morgan fingerprint density at radius 3 is 2.29 bits per heavy atom. The molecule has 1 aliphatic rings. The van der Waals surface area contributed by atoms with Crippen LogP contribution in [-0.4, -0.2) is 56.2 Å². The molecule has 6 nitrogen and oxygen atoms in total. The third-order valence-corrected chi connectivity index (χ3v) is 4.29. The third kappa shape index (κ3) is 6.78. The molecule has 0 unspecified atom stereocenters. The maximum Gasteiger partial charge on any atom is 0.573 e. The molecule has 1 aliphatic heterocycles. The second-order valence-electron chi connectivity index (χ2n) is 7.93. The van der Waals surface area contributed by atoms with Gasteiger partial charge in [0.05, 0.1) is 6.04 Å². The molecule has 0 saturated carbocycles. The summed E-state index contributed by atoms with van der Waals surface area (Å²) < 4.78 is 48.3. The number of hydrogen-bond donors (Lipinski definition) is 1. The van der Waals surface area contributed by atoms with Crippen LogP contribution in [0, 0.1) is 0 Å². The molecule has 1 saturated heterocycles. The zero-order valence-electron chi connectivity index (χ0n) is 16.9. The lowest BCUT2D eigenvalue weighted by Gasteiger charge is -2.34. The van der Waals surface area contributed by atoms with E-state index in [9.17, 15) is 18.0 Å². The number of ether oxygens (including phenoxy) is 2. The van der Waals surface area contributed by atoms with Gasteiger partial charge >= 0.3 is 12.5 Å². The van der Waals surface area contributed by atoms with Crippen molar-refractivity contribution in [1.82, 2.24) is 10.2 Å². The van der Waals surface area contributed by atoms with Crippen LogP contribution in [0.15, 0.2) is 18.2 Å². The van der Waals surface area contributed by atoms with Gasteiger partial charge in [0.2, 0.25) is 0 Å². The number of amides is 1. The number of carbonyl (C=O) groups is 1. The molecule has 1 amide bonds. The van der Waals surface area contributed by atoms with Crippen LogP contribution in [0.25, 0.3) is 0 Å². The second kappa shape index (κ2) is 8.46. The zero-order chi connectivity index (χ0) is 21.1. The predicted molar refractivity (Wildman–Crippen MR) is 101 cm³/mol. The number of rotatable bonds is 4. The van der Waals surface area contributed by atoms with Crippen molar-refractivity contribution in [3.63, 3.8) is 0 Å². The first-order chi connectivity index (χ1) is 12.8. The van der Waals surface area contributed by atoms with Crippen LogP contribution in [-0.2, 0) is 4.74 Å². The SMILES string of the molecule is C[C@H](NC(=O)OC(C)(C)C)c1ccc(N2CCN(C)CC2)cc1OC(F)(F)F. The highest BCUT2D eigenvalue weighted by Crippen LogP contribution is 2.34. The van der Waals surface area contributed by atoms with Gasteiger partial charge in [-0.3, -0.25) is 0 Å². The normalized spacial score (nSPS) is 17.2. The average molecular weight is 403 g/mol. The van der Waals surface area contributed by atoms with Gasteiger partial charge in [-0.2, -0.15) is 0 Å². The number of alkyl carbamates (subject to hydrolysis) is 1. The van der Waals surface area contributed by atoms with Crippen molar-refractivity contribution < 1.29 is 27.4 Å². The Bertz CT molecular complexity index is 681. The van der Waals surface area contributed by atoms with Crippen molar-refractivity contribution in [2.75, 3.05) is 38.1 Å². The van der Waals surface area contributed by atoms with Crippen molar-refractivity contribution in [1.29, 1.82) is 0 Å². The summed E-state index contributed by atoms with van der Waals surface area (Å²) in [6, 6.07) is 3.95. The lowest BCUT2D eigenvalue weighted by molar-refractivity contribution is -0.274. The van der Waals surface area contributed by atoms with E-state index in [2.05, 4.69) is 15.0 Å². The molecule has 1 aromatic carbocycles. The molecule has 1 heterocycles. The summed E-state index contributed by atoms with van der Waals surface area (Å²) in [6.07, 6.45) is -5.54. The van der Waals surface area contributed by atoms with Gasteiger partial charge in [0.15, 0.2) is 0 Å². The molecule has 1 N–H and O–H groups in total. The smallest absolute Gasteiger partial charge is 0.444 e. The minimum Gasteiger partial charge on any atom is -0.444 e. The van der Waals surface area contributed by atoms with Crippen LogP contribution in [0.2, 0.25) is 0 Å². The molecule has 0 spiro atoms. The fourth-order valence-electron chi connectivity index (χ4n) is 2.92. The first-order valence-electron chi connectivity index (χ1n) is 9.17. The predicted octanol–water partition coefficient (Wildman–Crippen LogP) is 3.92. The molecular formula is C19H28F3N3O3. The van der Waals surface area contributed by atoms with E-state index in [1.165, 1.54) is 6.07 Å². The lowest BCUT2D eigenvalue weighted by atomic mass is 10.1. The molecule has 9 heteroatoms. The van der Waals surface area contributed by atoms with E-state index in [1.807, 2.05) is 11.9 Å². The summed E-state index contributed by atoms with van der Waals surface area (Å²) in [5, 5.41) is 2.55. The van der Waals surface area contributed by atoms with Crippen LogP contribution in [0.1, 0.15) is 39.3 Å². The van der Waals surface area contributed by atoms with Crippen molar-refractivity contribution in [3.05, 3.63) is 23.8 Å². The quantitative estimate of drug-likeness (QED) is 0.826. The fourth-order valence-corrected chi connectivity index (χ4v) is 2.92. The van der Waals surface area contributed by atoms with E-state index in [0.717, 1.165) is 13.1 Å². The summed E-state index contributed by atoms with van der Waals surface area (Å²) in [5.74, 6) is -0.326. The van der Waals surface area contributed by atoms with Gasteiger partial charge in [-0.05, 0) is 40.8 Å². The average Bonchev–Trinajstić information content (AvgIpc) is 2.52. The van der Waals surface area contributed by atoms with E-state index in [-0.39, 0.29) is 11.3 Å². The van der Waals surface area contributed by atoms with Crippen LogP contribution in [0.3, 0.4) is 0 Å². The van der Waals surface area contributed by atoms with Crippen LogP contribution in [0.5, 0.6) is 5.75 Å². The Hall–Kier alpha value is -2.16. The van der Waals surface area contributed by atoms with E-state index in [0.29, 0.717) is 18.8 Å². The number of alkyl halides is 3. The molecule has 28 heavy (non-hydrogen) atoms. The second-order valence-corrected chi connectivity index (χ2v) is 7.93. The van der Waals surface area contributed by atoms with Crippen molar-refractivity contribution >= 4 is 11.8 Å². The number of anilines is 1. The maximum absolute atomic E-state index is 12.9. The number of hydrogen-bond acceptors (Lipinski definition) is 5. The molecule has 0 radical (unpaired) electrons. The lowest BCUT2D eigenvalue weighted by Crippen LogP contribution is -2.44. The van der Waals surface area contributed by atoms with E-state index in [4.69, 9.17) is 4.74 Å². The van der Waals surface area contributed by atoms with Gasteiger partial charge in [0, 0.05) is 43.5 Å². The largest absolute Gasteiger partial charge is 0.573 e. The molecule has 158 valence electrons. The van der Waals surface area contributed by atoms with E-state index in [1.54, 1.807) is 39.8 Å². The number of halogens is 3. The van der Waals surface area contributed by atoms with Gasteiger partial charge < -0.3 is 24.6 Å². The third-order valence-electron chi connectivity index (χ3n) is 4.29. The van der Waals surface area contributed by atoms with Crippen molar-refractivity contribution in [2.24, 2.45) is 0 Å². The Morgan fingerprint density at radius 2 is 1.75 bits per heavy atom. The summed E-state index contributed by atoms with van der Waals surface area (Å²) in [7, 11) is 2.00. The number of piperazine rings is 1. The van der Waals surface area contributed by atoms with Gasteiger partial charge in [-0.15, -0.1) is 13.2 Å². The Kier molecular flexibility index (Phi) is 6.69. The minimum absolute atomic E-state index is 0.223. The molecular weight excluding hydrogens is 375 g/mol. The zero-order valence-corrected chi connectivity index (χ0v) is 16.9. The summed E-state index contributed by atoms with van der Waals surface area (Å²) in [4.78, 5) is 16.1. The van der Waals surface area contributed by atoms with Gasteiger partial charge in [0.25, 0.3) is 0 Å². The molecule has 2 rings (SSSR count). The molecule has 1 fully saturated rings. The molecule has 0 bridgehead atoms. The standard InChI is InChI=1S/C19H28F3N3O3/c1-13(23-17(26)28-18(2,3)4)15-7-6-14(12-16(15)27-19(20,21)22)25-10-8-24(5)9-11-25/h6-7,12-13H,8-11H2,1-5H3,(H,23,26)/t13-/m0/s1. The minimum atomic E-state index is -4.83. The van der Waals surface area contributed by atoms with Crippen LogP contribution < -0.4 is 15.0 Å². The summed E-state index contributed by atoms with van der Waals surface area (Å²) in [6.45, 7) is 9.79. The Balaban J connectivity index is 2.23. The highest BCUT2D eigenvalue weighted by atomic mass is 19.4. The Labute approximate surface area is 163 Å². The van der Waals surface area contributed by atoms with Crippen molar-refractivity contribution in [2.45, 2.75) is 45.7 Å². The number of likely N-dealkylation sites (N-methyl/N-ethyl adjacent to an activating group) is 1. The van der Waals surface area contributed by atoms with Gasteiger partial charge in [-0.25, -0.2) is 4.79 Å². The monoisotopic (exact) mass is 403 g/mol. The summed E-state index contributed by atoms with van der Waals surface area (Å²) in [5.41, 5.74) is 0.169. The first kappa shape index (κ1) is 22.1. The molecule has 0 aliphatic carbocycles. The van der Waals surface area contributed by atoms with Crippen LogP contribution >= 0.6 is 0 Å². The number of nitrogens with zero attached hydrogens (tertiary/aromatic N) is 2.